The van der Waals surface area contributed by atoms with Crippen LogP contribution in [0.5, 0.6) is 0 Å². The molecular formula is C21H16FN5OS. The summed E-state index contributed by atoms with van der Waals surface area (Å²) in [7, 11) is 0. The Kier molecular flexibility index (Phi) is 4.40. The maximum absolute atomic E-state index is 13.4. The topological polar surface area (TPSA) is 72.7 Å². The number of halogens is 1. The van der Waals surface area contributed by atoms with E-state index in [1.807, 2.05) is 30.3 Å². The molecule has 4 aromatic rings. The first-order chi connectivity index (χ1) is 14.2. The number of aromatic nitrogens is 4. The zero-order chi connectivity index (χ0) is 19.8. The van der Waals surface area contributed by atoms with Gasteiger partial charge in [0.1, 0.15) is 5.82 Å². The van der Waals surface area contributed by atoms with E-state index in [-0.39, 0.29) is 17.6 Å². The minimum Gasteiger partial charge on any atom is -0.296 e. The van der Waals surface area contributed by atoms with E-state index >= 15 is 0 Å². The molecule has 2 aromatic heterocycles. The van der Waals surface area contributed by atoms with E-state index < -0.39 is 0 Å². The van der Waals surface area contributed by atoms with Crippen LogP contribution in [-0.4, -0.2) is 25.9 Å². The van der Waals surface area contributed by atoms with E-state index in [0.29, 0.717) is 22.1 Å². The number of anilines is 1. The van der Waals surface area contributed by atoms with Crippen LogP contribution in [-0.2, 0) is 0 Å². The number of rotatable bonds is 5. The standard InChI is InChI=1S/C21H16FN5OS/c22-15-6-4-5-14(11-15)17-12-29-21(23-17)24-20(28)18-19(13-9-10-13)27(26-25-18)16-7-2-1-3-8-16/h1-8,11-13H,9-10H2,(H,23,24,28). The molecule has 0 saturated heterocycles. The molecule has 1 aliphatic rings. The third kappa shape index (κ3) is 3.54. The van der Waals surface area contributed by atoms with Gasteiger partial charge < -0.3 is 0 Å². The van der Waals surface area contributed by atoms with Gasteiger partial charge in [-0.15, -0.1) is 16.4 Å². The highest BCUT2D eigenvalue weighted by atomic mass is 32.1. The Bertz CT molecular complexity index is 1180. The van der Waals surface area contributed by atoms with Crippen LogP contribution in [0.4, 0.5) is 9.52 Å². The number of para-hydroxylation sites is 1. The molecule has 6 nitrogen and oxygen atoms in total. The number of hydrogen-bond acceptors (Lipinski definition) is 5. The van der Waals surface area contributed by atoms with Crippen LogP contribution < -0.4 is 5.32 Å². The Morgan fingerprint density at radius 1 is 1.14 bits per heavy atom. The highest BCUT2D eigenvalue weighted by molar-refractivity contribution is 7.14. The van der Waals surface area contributed by atoms with E-state index in [0.717, 1.165) is 24.2 Å². The van der Waals surface area contributed by atoms with Gasteiger partial charge in [0.15, 0.2) is 10.8 Å². The van der Waals surface area contributed by atoms with Gasteiger partial charge in [-0.1, -0.05) is 35.5 Å². The molecule has 1 saturated carbocycles. The molecule has 2 aromatic carbocycles. The fourth-order valence-corrected chi connectivity index (χ4v) is 3.92. The highest BCUT2D eigenvalue weighted by Crippen LogP contribution is 2.42. The average Bonchev–Trinajstić information content (AvgIpc) is 3.30. The van der Waals surface area contributed by atoms with Crippen molar-refractivity contribution in [3.8, 4) is 16.9 Å². The first-order valence-electron chi connectivity index (χ1n) is 9.23. The second-order valence-corrected chi connectivity index (χ2v) is 7.71. The van der Waals surface area contributed by atoms with Gasteiger partial charge in [-0.2, -0.15) is 0 Å². The fraction of sp³-hybridized carbons (Fsp3) is 0.143. The number of carbonyl (C=O) groups excluding carboxylic acids is 1. The zero-order valence-electron chi connectivity index (χ0n) is 15.2. The molecule has 1 N–H and O–H groups in total. The smallest absolute Gasteiger partial charge is 0.279 e. The number of nitrogens with zero attached hydrogens (tertiary/aromatic N) is 4. The van der Waals surface area contributed by atoms with Gasteiger partial charge in [-0.3, -0.25) is 10.1 Å². The molecular weight excluding hydrogens is 389 g/mol. The number of nitrogens with one attached hydrogen (secondary N) is 1. The van der Waals surface area contributed by atoms with Crippen molar-refractivity contribution in [2.45, 2.75) is 18.8 Å². The van der Waals surface area contributed by atoms with E-state index in [1.165, 1.54) is 23.5 Å². The van der Waals surface area contributed by atoms with Crippen LogP contribution >= 0.6 is 11.3 Å². The molecule has 5 rings (SSSR count). The molecule has 8 heteroatoms. The van der Waals surface area contributed by atoms with Gasteiger partial charge in [0, 0.05) is 16.9 Å². The first kappa shape index (κ1) is 17.7. The number of carbonyl (C=O) groups is 1. The van der Waals surface area contributed by atoms with Crippen molar-refractivity contribution in [3.63, 3.8) is 0 Å². The number of amides is 1. The van der Waals surface area contributed by atoms with E-state index in [4.69, 9.17) is 0 Å². The number of thiazole rings is 1. The van der Waals surface area contributed by atoms with E-state index in [1.54, 1.807) is 22.2 Å². The SMILES string of the molecule is O=C(Nc1nc(-c2cccc(F)c2)cs1)c1nnn(-c2ccccc2)c1C1CC1. The lowest BCUT2D eigenvalue weighted by Crippen LogP contribution is -2.15. The van der Waals surface area contributed by atoms with Crippen molar-refractivity contribution in [2.24, 2.45) is 0 Å². The van der Waals surface area contributed by atoms with Gasteiger partial charge in [-0.05, 0) is 37.1 Å². The number of hydrogen-bond donors (Lipinski definition) is 1. The maximum atomic E-state index is 13.4. The maximum Gasteiger partial charge on any atom is 0.279 e. The lowest BCUT2D eigenvalue weighted by Gasteiger charge is -2.06. The van der Waals surface area contributed by atoms with E-state index in [9.17, 15) is 9.18 Å². The summed E-state index contributed by atoms with van der Waals surface area (Å²) in [6.45, 7) is 0. The Balaban J connectivity index is 1.41. The van der Waals surface area contributed by atoms with Crippen LogP contribution in [0.15, 0.2) is 60.0 Å². The van der Waals surface area contributed by atoms with Crippen LogP contribution in [0, 0.1) is 5.82 Å². The largest absolute Gasteiger partial charge is 0.296 e. The summed E-state index contributed by atoms with van der Waals surface area (Å²) in [6, 6.07) is 15.9. The summed E-state index contributed by atoms with van der Waals surface area (Å²) < 4.78 is 15.2. The molecule has 0 unspecified atom stereocenters. The quantitative estimate of drug-likeness (QED) is 0.524. The summed E-state index contributed by atoms with van der Waals surface area (Å²) in [5.74, 6) is -0.382. The molecule has 0 bridgehead atoms. The van der Waals surface area contributed by atoms with Crippen LogP contribution in [0.25, 0.3) is 16.9 Å². The molecule has 0 spiro atoms. The van der Waals surface area contributed by atoms with Crippen molar-refractivity contribution in [3.05, 3.63) is 77.2 Å². The van der Waals surface area contributed by atoms with Crippen molar-refractivity contribution in [1.82, 2.24) is 20.0 Å². The van der Waals surface area contributed by atoms with Gasteiger partial charge in [0.2, 0.25) is 0 Å². The predicted molar refractivity (Wildman–Crippen MR) is 109 cm³/mol. The third-order valence-electron chi connectivity index (χ3n) is 4.73. The molecule has 2 heterocycles. The zero-order valence-corrected chi connectivity index (χ0v) is 16.1. The molecule has 1 fully saturated rings. The first-order valence-corrected chi connectivity index (χ1v) is 10.1. The van der Waals surface area contributed by atoms with E-state index in [2.05, 4.69) is 20.6 Å². The Morgan fingerprint density at radius 2 is 1.97 bits per heavy atom. The van der Waals surface area contributed by atoms with Crippen molar-refractivity contribution in [1.29, 1.82) is 0 Å². The third-order valence-corrected chi connectivity index (χ3v) is 5.49. The minimum atomic E-state index is -0.339. The molecule has 0 radical (unpaired) electrons. The lowest BCUT2D eigenvalue weighted by molar-refractivity contribution is 0.102. The molecule has 1 aliphatic carbocycles. The van der Waals surface area contributed by atoms with Crippen molar-refractivity contribution in [2.75, 3.05) is 5.32 Å². The second kappa shape index (κ2) is 7.21. The second-order valence-electron chi connectivity index (χ2n) is 6.85. The fourth-order valence-electron chi connectivity index (χ4n) is 3.20. The predicted octanol–water partition coefficient (Wildman–Crippen LogP) is 4.66. The summed E-state index contributed by atoms with van der Waals surface area (Å²) >= 11 is 1.29. The van der Waals surface area contributed by atoms with Crippen molar-refractivity contribution >= 4 is 22.4 Å². The highest BCUT2D eigenvalue weighted by Gasteiger charge is 2.34. The summed E-state index contributed by atoms with van der Waals surface area (Å²) in [5.41, 5.74) is 3.30. The monoisotopic (exact) mass is 405 g/mol. The minimum absolute atomic E-state index is 0.283. The Labute approximate surface area is 170 Å². The molecule has 0 atom stereocenters. The average molecular weight is 405 g/mol. The van der Waals surface area contributed by atoms with Gasteiger partial charge in [-0.25, -0.2) is 14.1 Å². The van der Waals surface area contributed by atoms with Gasteiger partial charge >= 0.3 is 0 Å². The van der Waals surface area contributed by atoms with Gasteiger partial charge in [0.25, 0.3) is 5.91 Å². The molecule has 144 valence electrons. The molecule has 29 heavy (non-hydrogen) atoms. The Morgan fingerprint density at radius 3 is 2.72 bits per heavy atom. The van der Waals surface area contributed by atoms with Crippen LogP contribution in [0.1, 0.15) is 34.9 Å². The normalized spacial score (nSPS) is 13.4. The van der Waals surface area contributed by atoms with Gasteiger partial charge in [0.05, 0.1) is 17.1 Å². The summed E-state index contributed by atoms with van der Waals surface area (Å²) in [5, 5.41) is 13.4. The summed E-state index contributed by atoms with van der Waals surface area (Å²) in [6.07, 6.45) is 2.03. The molecule has 0 aliphatic heterocycles. The van der Waals surface area contributed by atoms with Crippen LogP contribution in [0.2, 0.25) is 0 Å². The summed E-state index contributed by atoms with van der Waals surface area (Å²) in [4.78, 5) is 17.3. The lowest BCUT2D eigenvalue weighted by atomic mass is 10.2. The molecule has 1 amide bonds. The Hall–Kier alpha value is -3.39. The number of benzene rings is 2. The van der Waals surface area contributed by atoms with Crippen molar-refractivity contribution < 1.29 is 9.18 Å². The van der Waals surface area contributed by atoms with Crippen LogP contribution in [0.3, 0.4) is 0 Å².